The maximum atomic E-state index is 11.3. The van der Waals surface area contributed by atoms with E-state index in [9.17, 15) is 19.8 Å². The van der Waals surface area contributed by atoms with Crippen molar-refractivity contribution in [2.75, 3.05) is 24.6 Å². The second-order valence-electron chi connectivity index (χ2n) is 7.64. The molecule has 2 atom stereocenters. The van der Waals surface area contributed by atoms with Crippen LogP contribution >= 0.6 is 68.9 Å². The number of primary amides is 2. The summed E-state index contributed by atoms with van der Waals surface area (Å²) < 4.78 is 1.66. The fourth-order valence-electron chi connectivity index (χ4n) is 2.96. The molecular formula is C22H23N5O4S6. The van der Waals surface area contributed by atoms with Crippen LogP contribution in [-0.4, -0.2) is 68.8 Å². The van der Waals surface area contributed by atoms with Crippen LogP contribution < -0.4 is 16.8 Å². The Hall–Kier alpha value is -1.82. The molecule has 2 amide bonds. The van der Waals surface area contributed by atoms with Crippen molar-refractivity contribution in [3.05, 3.63) is 44.8 Å². The quantitative estimate of drug-likeness (QED) is 0.134. The van der Waals surface area contributed by atoms with Crippen molar-refractivity contribution in [1.82, 2.24) is 15.3 Å². The zero-order chi connectivity index (χ0) is 26.4. The summed E-state index contributed by atoms with van der Waals surface area (Å²) in [7, 11) is 0. The zero-order valence-corrected chi connectivity index (χ0v) is 24.1. The summed E-state index contributed by atoms with van der Waals surface area (Å²) in [4.78, 5) is 34.4. The molecule has 0 aliphatic rings. The molecule has 4 aromatic heterocycles. The molecule has 0 fully saturated rings. The molecule has 4 heterocycles. The number of carbonyl (C=O) groups is 2. The Morgan fingerprint density at radius 2 is 1.24 bits per heavy atom. The monoisotopic (exact) mass is 613 g/mol. The van der Waals surface area contributed by atoms with E-state index in [2.05, 4.69) is 15.3 Å². The second kappa shape index (κ2) is 13.3. The minimum Gasteiger partial charge on any atom is -0.391 e. The first-order valence-electron chi connectivity index (χ1n) is 10.8. The van der Waals surface area contributed by atoms with Crippen molar-refractivity contribution in [2.24, 2.45) is 11.5 Å². The fraction of sp³-hybridized carbons (Fsp3) is 0.273. The van der Waals surface area contributed by atoms with Gasteiger partial charge in [0.05, 0.1) is 43.1 Å². The summed E-state index contributed by atoms with van der Waals surface area (Å²) in [6, 6.07) is 7.04. The summed E-state index contributed by atoms with van der Waals surface area (Å²) >= 11 is 8.50. The number of nitrogens with zero attached hydrogens (tertiary/aromatic N) is 2. The van der Waals surface area contributed by atoms with Crippen molar-refractivity contribution >= 4 is 80.7 Å². The molecule has 196 valence electrons. The summed E-state index contributed by atoms with van der Waals surface area (Å²) in [6.07, 6.45) is -1.20. The van der Waals surface area contributed by atoms with Gasteiger partial charge in [0.1, 0.15) is 0 Å². The standard InChI is InChI=1S/C22H23N5O4S6/c23-19(30)17-3-1-15(36-17)13-9-34-21(26-13)32-7-11(28)5-25-6-12(29)8-33-22-27-14(10-35-22)16-2-4-18(37-16)20(24)31/h1-4,9-12,25,28-29H,5-8H2,(H2,23,30)(H2,24,31). The average molecular weight is 614 g/mol. The minimum absolute atomic E-state index is 0.349. The number of thiophene rings is 2. The van der Waals surface area contributed by atoms with Crippen LogP contribution in [0.2, 0.25) is 0 Å². The van der Waals surface area contributed by atoms with E-state index in [1.54, 1.807) is 12.1 Å². The normalized spacial score (nSPS) is 13.0. The van der Waals surface area contributed by atoms with Crippen LogP contribution in [-0.2, 0) is 0 Å². The van der Waals surface area contributed by atoms with Gasteiger partial charge in [0.2, 0.25) is 0 Å². The SMILES string of the molecule is NC(=O)c1ccc(-c2csc(SCC(O)CNCC(O)CSc3nc(-c4ccc(C(N)=O)s4)cs3)n2)s1. The molecule has 7 N–H and O–H groups in total. The van der Waals surface area contributed by atoms with Gasteiger partial charge in [-0.2, -0.15) is 0 Å². The molecule has 0 spiro atoms. The Labute approximate surface area is 237 Å². The van der Waals surface area contributed by atoms with Gasteiger partial charge in [-0.1, -0.05) is 23.5 Å². The van der Waals surface area contributed by atoms with Crippen molar-refractivity contribution in [3.8, 4) is 21.1 Å². The number of hydrogen-bond acceptors (Lipinski definition) is 13. The van der Waals surface area contributed by atoms with Gasteiger partial charge in [-0.05, 0) is 24.3 Å². The Balaban J connectivity index is 1.13. The molecular weight excluding hydrogens is 591 g/mol. The van der Waals surface area contributed by atoms with E-state index in [0.717, 1.165) is 29.8 Å². The van der Waals surface area contributed by atoms with Crippen LogP contribution in [0.3, 0.4) is 0 Å². The molecule has 4 rings (SSSR count). The van der Waals surface area contributed by atoms with Gasteiger partial charge in [-0.15, -0.1) is 45.3 Å². The van der Waals surface area contributed by atoms with Crippen LogP contribution in [0.4, 0.5) is 0 Å². The third kappa shape index (κ3) is 8.08. The van der Waals surface area contributed by atoms with E-state index in [4.69, 9.17) is 11.5 Å². The van der Waals surface area contributed by atoms with E-state index < -0.39 is 24.0 Å². The number of aromatic nitrogens is 2. The van der Waals surface area contributed by atoms with Gasteiger partial charge >= 0.3 is 0 Å². The number of aliphatic hydroxyl groups excluding tert-OH is 2. The summed E-state index contributed by atoms with van der Waals surface area (Å²) in [5, 5.41) is 27.5. The number of carbonyl (C=O) groups excluding carboxylic acids is 2. The molecule has 0 aliphatic carbocycles. The fourth-order valence-corrected chi connectivity index (χ4v) is 8.30. The van der Waals surface area contributed by atoms with E-state index in [-0.39, 0.29) is 0 Å². The third-order valence-electron chi connectivity index (χ3n) is 4.73. The van der Waals surface area contributed by atoms with Crippen LogP contribution in [0.15, 0.2) is 43.7 Å². The van der Waals surface area contributed by atoms with Crippen molar-refractivity contribution < 1.29 is 19.8 Å². The molecule has 2 unspecified atom stereocenters. The molecule has 0 aliphatic heterocycles. The van der Waals surface area contributed by atoms with Gasteiger partial charge in [-0.25, -0.2) is 9.97 Å². The first kappa shape index (κ1) is 28.2. The number of amides is 2. The van der Waals surface area contributed by atoms with Gasteiger partial charge in [0.15, 0.2) is 8.68 Å². The smallest absolute Gasteiger partial charge is 0.258 e. The number of rotatable bonds is 14. The number of nitrogens with two attached hydrogens (primary N) is 2. The highest BCUT2D eigenvalue weighted by atomic mass is 32.2. The number of aliphatic hydroxyl groups is 2. The van der Waals surface area contributed by atoms with Crippen LogP contribution in [0.25, 0.3) is 21.1 Å². The molecule has 0 radical (unpaired) electrons. The van der Waals surface area contributed by atoms with Crippen molar-refractivity contribution in [2.45, 2.75) is 20.9 Å². The number of hydrogen-bond donors (Lipinski definition) is 5. The lowest BCUT2D eigenvalue weighted by Crippen LogP contribution is -2.35. The Morgan fingerprint density at radius 3 is 1.62 bits per heavy atom. The summed E-state index contributed by atoms with van der Waals surface area (Å²) in [5.74, 6) is 0.0229. The van der Waals surface area contributed by atoms with Crippen molar-refractivity contribution in [3.63, 3.8) is 0 Å². The Morgan fingerprint density at radius 1 is 0.811 bits per heavy atom. The molecule has 37 heavy (non-hydrogen) atoms. The summed E-state index contributed by atoms with van der Waals surface area (Å²) in [6.45, 7) is 0.698. The highest BCUT2D eigenvalue weighted by Gasteiger charge is 2.14. The molecule has 0 saturated heterocycles. The van der Waals surface area contributed by atoms with Gasteiger partial charge in [0.25, 0.3) is 11.8 Å². The zero-order valence-electron chi connectivity index (χ0n) is 19.2. The third-order valence-corrected chi connectivity index (χ3v) is 11.3. The molecule has 0 bridgehead atoms. The van der Waals surface area contributed by atoms with E-state index in [1.165, 1.54) is 68.9 Å². The number of thiazole rings is 2. The molecule has 0 saturated carbocycles. The highest BCUT2D eigenvalue weighted by Crippen LogP contribution is 2.33. The van der Waals surface area contributed by atoms with E-state index >= 15 is 0 Å². The average Bonchev–Trinajstić information content (AvgIpc) is 3.67. The molecule has 0 aromatic carbocycles. The largest absolute Gasteiger partial charge is 0.391 e. The number of thioether (sulfide) groups is 2. The molecule has 15 heteroatoms. The lowest BCUT2D eigenvalue weighted by atomic mass is 10.3. The van der Waals surface area contributed by atoms with Gasteiger partial charge in [-0.3, -0.25) is 9.59 Å². The first-order valence-corrected chi connectivity index (χ1v) is 16.2. The predicted octanol–water partition coefficient (Wildman–Crippen LogP) is 3.45. The van der Waals surface area contributed by atoms with Crippen LogP contribution in [0.5, 0.6) is 0 Å². The van der Waals surface area contributed by atoms with Gasteiger partial charge in [0, 0.05) is 35.4 Å². The Kier molecular flexibility index (Phi) is 10.1. The second-order valence-corrected chi connectivity index (χ2v) is 14.1. The van der Waals surface area contributed by atoms with E-state index in [0.29, 0.717) is 34.3 Å². The van der Waals surface area contributed by atoms with Crippen LogP contribution in [0.1, 0.15) is 19.3 Å². The van der Waals surface area contributed by atoms with Gasteiger partial charge < -0.3 is 27.0 Å². The maximum absolute atomic E-state index is 11.3. The molecule has 9 nitrogen and oxygen atoms in total. The van der Waals surface area contributed by atoms with E-state index in [1.807, 2.05) is 22.9 Å². The van der Waals surface area contributed by atoms with Crippen LogP contribution in [0, 0.1) is 0 Å². The number of nitrogens with one attached hydrogen (secondary N) is 1. The Bertz CT molecular complexity index is 1250. The molecule has 4 aromatic rings. The topological polar surface area (TPSA) is 164 Å². The predicted molar refractivity (Wildman–Crippen MR) is 154 cm³/mol. The highest BCUT2D eigenvalue weighted by molar-refractivity contribution is 8.01. The maximum Gasteiger partial charge on any atom is 0.258 e. The lowest BCUT2D eigenvalue weighted by Gasteiger charge is -2.13. The minimum atomic E-state index is -0.599. The summed E-state index contributed by atoms with van der Waals surface area (Å²) in [5.41, 5.74) is 12.2. The lowest BCUT2D eigenvalue weighted by molar-refractivity contribution is 0.0995. The van der Waals surface area contributed by atoms with Crippen molar-refractivity contribution in [1.29, 1.82) is 0 Å². The first-order chi connectivity index (χ1) is 17.8.